The van der Waals surface area contributed by atoms with Gasteiger partial charge in [0.25, 0.3) is 0 Å². The largest absolute Gasteiger partial charge is 0.361 e. The molecule has 1 atom stereocenters. The van der Waals surface area contributed by atoms with Crippen molar-refractivity contribution >= 4 is 23.3 Å². The molecule has 4 nitrogen and oxygen atoms in total. The average Bonchev–Trinajstić information content (AvgIpc) is 2.55. The lowest BCUT2D eigenvalue weighted by molar-refractivity contribution is 0.194. The van der Waals surface area contributed by atoms with E-state index in [0.29, 0.717) is 18.1 Å². The Kier molecular flexibility index (Phi) is 4.67. The maximum atomic E-state index is 11.6. The number of carbonyl (C=O) groups is 1. The van der Waals surface area contributed by atoms with E-state index >= 15 is 0 Å². The van der Waals surface area contributed by atoms with E-state index in [4.69, 9.17) is 17.3 Å². The summed E-state index contributed by atoms with van der Waals surface area (Å²) in [5.74, 6) is 0. The number of benzene rings is 2. The van der Waals surface area contributed by atoms with Crippen molar-refractivity contribution in [3.8, 4) is 0 Å². The minimum atomic E-state index is -0.366. The summed E-state index contributed by atoms with van der Waals surface area (Å²) in [5.41, 5.74) is 10.3. The number of carbonyl (C=O) groups excluding carboxylic acids is 1. The molecule has 3 rings (SSSR count). The summed E-state index contributed by atoms with van der Waals surface area (Å²) in [4.78, 5) is 15.7. The fourth-order valence-corrected chi connectivity index (χ4v) is 3.50. The molecule has 2 aromatic rings. The number of amides is 2. The van der Waals surface area contributed by atoms with Crippen molar-refractivity contribution in [3.05, 3.63) is 64.2 Å². The molecule has 126 valence electrons. The van der Waals surface area contributed by atoms with Gasteiger partial charge in [0.05, 0.1) is 6.04 Å². The molecule has 1 heterocycles. The quantitative estimate of drug-likeness (QED) is 0.899. The Hall–Kier alpha value is -2.20. The van der Waals surface area contributed by atoms with Gasteiger partial charge in [0, 0.05) is 30.3 Å². The first-order chi connectivity index (χ1) is 11.5. The molecule has 0 saturated carbocycles. The zero-order valence-corrected chi connectivity index (χ0v) is 14.8. The molecule has 0 radical (unpaired) electrons. The van der Waals surface area contributed by atoms with Gasteiger partial charge in [0.2, 0.25) is 0 Å². The molecule has 1 unspecified atom stereocenters. The van der Waals surface area contributed by atoms with Gasteiger partial charge in [-0.3, -0.25) is 0 Å². The summed E-state index contributed by atoms with van der Waals surface area (Å²) in [5, 5.41) is 0.708. The third-order valence-corrected chi connectivity index (χ3v) is 4.86. The van der Waals surface area contributed by atoms with E-state index in [-0.39, 0.29) is 12.1 Å². The molecule has 0 spiro atoms. The summed E-state index contributed by atoms with van der Waals surface area (Å²) in [6.45, 7) is 6.18. The fourth-order valence-electron chi connectivity index (χ4n) is 3.37. The van der Waals surface area contributed by atoms with Crippen molar-refractivity contribution in [2.75, 3.05) is 24.5 Å². The van der Waals surface area contributed by atoms with Gasteiger partial charge in [-0.2, -0.15) is 0 Å². The van der Waals surface area contributed by atoms with Crippen LogP contribution in [0.4, 0.5) is 10.5 Å². The number of urea groups is 1. The fraction of sp³-hybridized carbons (Fsp3) is 0.316. The van der Waals surface area contributed by atoms with Crippen molar-refractivity contribution in [2.24, 2.45) is 5.73 Å². The van der Waals surface area contributed by atoms with Gasteiger partial charge in [-0.1, -0.05) is 41.4 Å². The predicted octanol–water partition coefficient (Wildman–Crippen LogP) is 3.90. The van der Waals surface area contributed by atoms with Crippen molar-refractivity contribution < 1.29 is 4.79 Å². The zero-order valence-electron chi connectivity index (χ0n) is 14.0. The Labute approximate surface area is 147 Å². The number of aryl methyl sites for hydroxylation is 2. The van der Waals surface area contributed by atoms with Crippen LogP contribution in [0.3, 0.4) is 0 Å². The van der Waals surface area contributed by atoms with Crippen LogP contribution in [0.15, 0.2) is 42.5 Å². The maximum absolute atomic E-state index is 11.6. The molecule has 0 aromatic heterocycles. The van der Waals surface area contributed by atoms with Crippen LogP contribution in [0.25, 0.3) is 0 Å². The normalized spacial score (nSPS) is 17.9. The Morgan fingerprint density at radius 3 is 2.46 bits per heavy atom. The van der Waals surface area contributed by atoms with Crippen molar-refractivity contribution in [3.63, 3.8) is 0 Å². The first-order valence-electron chi connectivity index (χ1n) is 8.09. The average molecular weight is 344 g/mol. The number of nitrogens with zero attached hydrogens (tertiary/aromatic N) is 2. The molecule has 24 heavy (non-hydrogen) atoms. The van der Waals surface area contributed by atoms with E-state index in [1.54, 1.807) is 4.90 Å². The second-order valence-electron chi connectivity index (χ2n) is 6.33. The highest BCUT2D eigenvalue weighted by Gasteiger charge is 2.30. The molecule has 0 aliphatic carbocycles. The summed E-state index contributed by atoms with van der Waals surface area (Å²) in [6, 6.07) is 14.0. The molecule has 0 bridgehead atoms. The Balaban J connectivity index is 1.99. The number of hydrogen-bond acceptors (Lipinski definition) is 2. The van der Waals surface area contributed by atoms with Crippen LogP contribution < -0.4 is 10.6 Å². The lowest BCUT2D eigenvalue weighted by atomic mass is 9.99. The van der Waals surface area contributed by atoms with Crippen LogP contribution in [0, 0.1) is 13.8 Å². The summed E-state index contributed by atoms with van der Waals surface area (Å²) in [6.07, 6.45) is 0. The number of rotatable bonds is 2. The second-order valence-corrected chi connectivity index (χ2v) is 6.77. The molecular weight excluding hydrogens is 322 g/mol. The third kappa shape index (κ3) is 3.34. The number of piperazine rings is 1. The van der Waals surface area contributed by atoms with E-state index in [9.17, 15) is 4.79 Å². The number of halogens is 1. The first-order valence-corrected chi connectivity index (χ1v) is 8.47. The number of nitrogens with two attached hydrogens (primary N) is 1. The van der Waals surface area contributed by atoms with Crippen molar-refractivity contribution in [2.45, 2.75) is 19.9 Å². The molecule has 1 aliphatic heterocycles. The van der Waals surface area contributed by atoms with E-state index in [2.05, 4.69) is 36.9 Å². The standard InChI is InChI=1S/C19H22ClN3O/c1-13-3-8-17(14(2)11-13)23-10-9-22(19(21)24)12-18(23)15-4-6-16(20)7-5-15/h3-8,11,18H,9-10,12H2,1-2H3,(H2,21,24). The van der Waals surface area contributed by atoms with Gasteiger partial charge in [-0.15, -0.1) is 0 Å². The maximum Gasteiger partial charge on any atom is 0.314 e. The summed E-state index contributed by atoms with van der Waals surface area (Å²) in [7, 11) is 0. The van der Waals surface area contributed by atoms with Gasteiger partial charge in [-0.05, 0) is 43.2 Å². The van der Waals surface area contributed by atoms with Gasteiger partial charge in [0.1, 0.15) is 0 Å². The Bertz CT molecular complexity index is 745. The number of hydrogen-bond donors (Lipinski definition) is 1. The van der Waals surface area contributed by atoms with Crippen molar-refractivity contribution in [1.29, 1.82) is 0 Å². The van der Waals surface area contributed by atoms with Crippen LogP contribution in [0.1, 0.15) is 22.7 Å². The van der Waals surface area contributed by atoms with Gasteiger partial charge >= 0.3 is 6.03 Å². The zero-order chi connectivity index (χ0) is 17.3. The summed E-state index contributed by atoms with van der Waals surface area (Å²) < 4.78 is 0. The highest BCUT2D eigenvalue weighted by Crippen LogP contribution is 2.33. The molecule has 1 aliphatic rings. The van der Waals surface area contributed by atoms with Crippen LogP contribution in [0.5, 0.6) is 0 Å². The van der Waals surface area contributed by atoms with Crippen LogP contribution in [-0.2, 0) is 0 Å². The first kappa shape index (κ1) is 16.7. The van der Waals surface area contributed by atoms with Crippen LogP contribution in [0.2, 0.25) is 5.02 Å². The predicted molar refractivity (Wildman–Crippen MR) is 98.6 cm³/mol. The monoisotopic (exact) mass is 343 g/mol. The molecule has 5 heteroatoms. The van der Waals surface area contributed by atoms with E-state index in [0.717, 1.165) is 12.1 Å². The van der Waals surface area contributed by atoms with Crippen molar-refractivity contribution in [1.82, 2.24) is 4.90 Å². The minimum Gasteiger partial charge on any atom is -0.361 e. The lowest BCUT2D eigenvalue weighted by Gasteiger charge is -2.43. The molecule has 2 amide bonds. The molecule has 1 saturated heterocycles. The molecular formula is C19H22ClN3O. The Morgan fingerprint density at radius 1 is 1.12 bits per heavy atom. The van der Waals surface area contributed by atoms with Crippen LogP contribution >= 0.6 is 11.6 Å². The van der Waals surface area contributed by atoms with Gasteiger partial charge < -0.3 is 15.5 Å². The van der Waals surface area contributed by atoms with Crippen LogP contribution in [-0.4, -0.2) is 30.6 Å². The summed E-state index contributed by atoms with van der Waals surface area (Å²) >= 11 is 6.03. The Morgan fingerprint density at radius 2 is 1.83 bits per heavy atom. The highest BCUT2D eigenvalue weighted by atomic mass is 35.5. The SMILES string of the molecule is Cc1ccc(N2CCN(C(N)=O)CC2c2ccc(Cl)cc2)c(C)c1. The highest BCUT2D eigenvalue weighted by molar-refractivity contribution is 6.30. The third-order valence-electron chi connectivity index (χ3n) is 4.61. The minimum absolute atomic E-state index is 0.0601. The molecule has 1 fully saturated rings. The van der Waals surface area contributed by atoms with Gasteiger partial charge in [0.15, 0.2) is 0 Å². The van der Waals surface area contributed by atoms with E-state index < -0.39 is 0 Å². The van der Waals surface area contributed by atoms with E-state index in [1.165, 1.54) is 16.8 Å². The topological polar surface area (TPSA) is 49.6 Å². The smallest absolute Gasteiger partial charge is 0.314 e. The molecule has 2 N–H and O–H groups in total. The lowest BCUT2D eigenvalue weighted by Crippen LogP contribution is -2.52. The molecule has 2 aromatic carbocycles. The van der Waals surface area contributed by atoms with Gasteiger partial charge in [-0.25, -0.2) is 4.79 Å². The second kappa shape index (κ2) is 6.73. The number of anilines is 1. The van der Waals surface area contributed by atoms with E-state index in [1.807, 2.05) is 24.3 Å². The number of primary amides is 1.